The third kappa shape index (κ3) is 8.38. The van der Waals surface area contributed by atoms with E-state index in [2.05, 4.69) is 340 Å². The van der Waals surface area contributed by atoms with Gasteiger partial charge < -0.3 is 13.7 Å². The van der Waals surface area contributed by atoms with Gasteiger partial charge in [-0.2, -0.15) is 0 Å². The van der Waals surface area contributed by atoms with Crippen LogP contribution in [-0.2, 0) is 12.5 Å². The monoisotopic (exact) mass is 1280 g/mol. The second-order valence-electron chi connectivity index (χ2n) is 28.2. The van der Waals surface area contributed by atoms with Crippen LogP contribution in [-0.4, -0.2) is 49.8 Å². The molecule has 7 heterocycles. The fraction of sp³-hybridized carbons (Fsp3) is 0.0909. The first-order valence-electron chi connectivity index (χ1n) is 33.8. The first kappa shape index (κ1) is 57.1. The SMILES string of the molecule is CC1(C)c2ccccc2-c2cc3c4ccccc4n(-c4cccc(-c5nc(-c6ccccc6)c6c(n5)-c5ccccc5[Si]6(C)C)c4)c3cc21.Cn1c2ccccc2c2cc3c4ccccc4n(-c4cccc(-c5nc(-c6ccccc6)c6c(n5)-c5ccccc5[Si]6(C)C)c4)c3cc21. The Morgan fingerprint density at radius 3 is 1.23 bits per heavy atom. The number of rotatable bonds is 6. The fourth-order valence-electron chi connectivity index (χ4n) is 17.0. The van der Waals surface area contributed by atoms with E-state index in [-0.39, 0.29) is 5.41 Å². The van der Waals surface area contributed by atoms with Gasteiger partial charge in [0.25, 0.3) is 0 Å². The molecule has 0 spiro atoms. The number of benzene rings is 12. The van der Waals surface area contributed by atoms with Crippen molar-refractivity contribution in [2.75, 3.05) is 0 Å². The maximum Gasteiger partial charge on any atom is 0.160 e. The maximum absolute atomic E-state index is 5.41. The normalized spacial score (nSPS) is 14.2. The van der Waals surface area contributed by atoms with Gasteiger partial charge in [0.15, 0.2) is 11.6 Å². The van der Waals surface area contributed by atoms with Crippen molar-refractivity contribution in [1.29, 1.82) is 0 Å². The predicted molar refractivity (Wildman–Crippen MR) is 410 cm³/mol. The largest absolute Gasteiger partial charge is 0.344 e. The van der Waals surface area contributed by atoms with Gasteiger partial charge in [-0.25, -0.2) is 19.9 Å². The van der Waals surface area contributed by atoms with E-state index in [0.29, 0.717) is 0 Å². The van der Waals surface area contributed by atoms with Crippen molar-refractivity contribution in [3.05, 3.63) is 290 Å². The number of aryl methyl sites for hydroxylation is 1. The molecule has 20 rings (SSSR count). The number of hydrogen-bond donors (Lipinski definition) is 0. The Morgan fingerprint density at radius 2 is 0.691 bits per heavy atom. The van der Waals surface area contributed by atoms with Crippen molar-refractivity contribution in [1.82, 2.24) is 33.6 Å². The van der Waals surface area contributed by atoms with Crippen LogP contribution in [0.2, 0.25) is 26.2 Å². The summed E-state index contributed by atoms with van der Waals surface area (Å²) < 4.78 is 7.15. The summed E-state index contributed by atoms with van der Waals surface area (Å²) in [7, 11) is -1.87. The van der Waals surface area contributed by atoms with Crippen LogP contribution in [0.1, 0.15) is 25.0 Å². The summed E-state index contributed by atoms with van der Waals surface area (Å²) >= 11 is 0. The molecule has 9 heteroatoms. The predicted octanol–water partition coefficient (Wildman–Crippen LogP) is 19.4. The Balaban J connectivity index is 0.000000136. The number of fused-ring (bicyclic) bond motifs is 18. The molecule has 12 aromatic carbocycles. The second-order valence-corrected chi connectivity index (χ2v) is 36.7. The van der Waals surface area contributed by atoms with Crippen molar-refractivity contribution < 1.29 is 0 Å². The standard InChI is InChI=1S/C45H35N3Si.C43H32N4Si/c1-45(2)36-22-11-8-19-31(36)34-26-35-32-20-9-12-23-38(32)48(39(35)27-37(34)45)30-18-14-17-29(25-30)44-46-41(28-15-6-5-7-16-28)43-42(47-44)33-21-10-13-24-40(33)49(43,3)4;1-46-35-21-10-7-18-30(35)33-25-34-31-19-8-11-22-36(31)47(38(34)26-37(33)46)29-17-13-16-28(24-29)43-44-40(27-14-5-4-6-15-27)42-41(45-43)32-20-9-12-23-39(32)48(42,2)3/h5-27H,1-4H3;4-26H,1-3H3. The van der Waals surface area contributed by atoms with Crippen molar-refractivity contribution in [3.63, 3.8) is 0 Å². The molecule has 3 aliphatic rings. The molecule has 2 aliphatic heterocycles. The topological polar surface area (TPSA) is 66.3 Å². The van der Waals surface area contributed by atoms with E-state index in [9.17, 15) is 0 Å². The lowest BCUT2D eigenvalue weighted by Crippen LogP contribution is -2.50. The molecule has 0 fully saturated rings. The van der Waals surface area contributed by atoms with E-state index < -0.39 is 16.1 Å². The Labute approximate surface area is 565 Å². The van der Waals surface area contributed by atoms with Gasteiger partial charge in [0.05, 0.1) is 50.4 Å². The summed E-state index contributed by atoms with van der Waals surface area (Å²) in [5.41, 5.74) is 26.0. The lowest BCUT2D eigenvalue weighted by molar-refractivity contribution is 0.661. The van der Waals surface area contributed by atoms with Crippen molar-refractivity contribution >= 4 is 102 Å². The molecule has 7 nitrogen and oxygen atoms in total. The van der Waals surface area contributed by atoms with E-state index in [0.717, 1.165) is 68.1 Å². The van der Waals surface area contributed by atoms with Crippen LogP contribution in [0.25, 0.3) is 156 Å². The zero-order chi connectivity index (χ0) is 65.2. The number of para-hydroxylation sites is 3. The van der Waals surface area contributed by atoms with Crippen molar-refractivity contribution in [3.8, 4) is 90.3 Å². The molecule has 0 bridgehead atoms. The second kappa shape index (κ2) is 21.1. The fourth-order valence-corrected chi connectivity index (χ4v) is 23.5. The third-order valence-corrected chi connectivity index (χ3v) is 28.7. The van der Waals surface area contributed by atoms with Gasteiger partial charge in [-0.05, 0) is 121 Å². The van der Waals surface area contributed by atoms with Crippen LogP contribution >= 0.6 is 0 Å². The molecule has 97 heavy (non-hydrogen) atoms. The van der Waals surface area contributed by atoms with Crippen LogP contribution in [0.4, 0.5) is 0 Å². The molecule has 0 saturated heterocycles. The molecule has 0 N–H and O–H groups in total. The molecular formula is C88H67N7Si2. The van der Waals surface area contributed by atoms with Gasteiger partial charge in [-0.15, -0.1) is 0 Å². The Kier molecular flexibility index (Phi) is 12.4. The summed E-state index contributed by atoms with van der Waals surface area (Å²) in [6.45, 7) is 14.5. The zero-order valence-electron chi connectivity index (χ0n) is 55.2. The van der Waals surface area contributed by atoms with E-state index >= 15 is 0 Å². The summed E-state index contributed by atoms with van der Waals surface area (Å²) in [5.74, 6) is 1.52. The van der Waals surface area contributed by atoms with E-state index in [4.69, 9.17) is 19.9 Å². The number of hydrogen-bond acceptors (Lipinski definition) is 4. The van der Waals surface area contributed by atoms with Crippen LogP contribution in [0.15, 0.2) is 279 Å². The smallest absolute Gasteiger partial charge is 0.160 e. The van der Waals surface area contributed by atoms with Crippen LogP contribution in [0.3, 0.4) is 0 Å². The molecule has 5 aromatic heterocycles. The summed E-state index contributed by atoms with van der Waals surface area (Å²) in [4.78, 5) is 21.6. The summed E-state index contributed by atoms with van der Waals surface area (Å²) in [6, 6.07) is 101. The number of aromatic nitrogens is 7. The quantitative estimate of drug-likeness (QED) is 0.156. The molecule has 0 amide bonds. The first-order chi connectivity index (χ1) is 47.3. The Morgan fingerprint density at radius 1 is 0.289 bits per heavy atom. The minimum Gasteiger partial charge on any atom is -0.344 e. The molecule has 462 valence electrons. The van der Waals surface area contributed by atoms with Crippen molar-refractivity contribution in [2.45, 2.75) is 45.5 Å². The molecule has 0 atom stereocenters. The molecule has 1 aliphatic carbocycles. The molecule has 0 saturated carbocycles. The van der Waals surface area contributed by atoms with Gasteiger partial charge in [0.1, 0.15) is 16.1 Å². The minimum absolute atomic E-state index is 0.0806. The lowest BCUT2D eigenvalue weighted by Gasteiger charge is -2.22. The molecule has 17 aromatic rings. The minimum atomic E-state index is -2.02. The highest BCUT2D eigenvalue weighted by molar-refractivity contribution is 7.05. The maximum atomic E-state index is 5.41. The highest BCUT2D eigenvalue weighted by Gasteiger charge is 2.44. The van der Waals surface area contributed by atoms with Gasteiger partial charge in [-0.1, -0.05) is 252 Å². The number of nitrogens with zero attached hydrogens (tertiary/aromatic N) is 7. The first-order valence-corrected chi connectivity index (χ1v) is 39.8. The average Bonchev–Trinajstić information content (AvgIpc) is 1.58. The Bertz CT molecular complexity index is 6190. The zero-order valence-corrected chi connectivity index (χ0v) is 57.2. The van der Waals surface area contributed by atoms with E-state index in [1.165, 1.54) is 120 Å². The van der Waals surface area contributed by atoms with E-state index in [1.807, 2.05) is 0 Å². The van der Waals surface area contributed by atoms with Crippen LogP contribution in [0.5, 0.6) is 0 Å². The summed E-state index contributed by atoms with van der Waals surface area (Å²) in [5, 5.41) is 13.1. The van der Waals surface area contributed by atoms with Gasteiger partial charge >= 0.3 is 0 Å². The van der Waals surface area contributed by atoms with E-state index in [1.54, 1.807) is 0 Å². The van der Waals surface area contributed by atoms with Gasteiger partial charge in [0.2, 0.25) is 0 Å². The summed E-state index contributed by atoms with van der Waals surface area (Å²) in [6.07, 6.45) is 0. The lowest BCUT2D eigenvalue weighted by atomic mass is 9.82. The molecule has 0 unspecified atom stereocenters. The van der Waals surface area contributed by atoms with Gasteiger partial charge in [-0.3, -0.25) is 0 Å². The van der Waals surface area contributed by atoms with Crippen LogP contribution < -0.4 is 20.7 Å². The average molecular weight is 1280 g/mol. The third-order valence-electron chi connectivity index (χ3n) is 21.7. The van der Waals surface area contributed by atoms with Crippen molar-refractivity contribution in [2.24, 2.45) is 7.05 Å². The highest BCUT2D eigenvalue weighted by atomic mass is 28.3. The van der Waals surface area contributed by atoms with Gasteiger partial charge in [0, 0.05) is 83.9 Å². The molecular weight excluding hydrogens is 1210 g/mol. The Hall–Kier alpha value is -11.4. The highest BCUT2D eigenvalue weighted by Crippen LogP contribution is 2.51. The van der Waals surface area contributed by atoms with Crippen LogP contribution in [0, 0.1) is 0 Å². The molecule has 0 radical (unpaired) electrons.